The predicted octanol–water partition coefficient (Wildman–Crippen LogP) is 1.85. The summed E-state index contributed by atoms with van der Waals surface area (Å²) in [5.41, 5.74) is 0.974. The number of esters is 1. The van der Waals surface area contributed by atoms with Gasteiger partial charge in [-0.2, -0.15) is 5.26 Å². The quantitative estimate of drug-likeness (QED) is 0.654. The zero-order valence-electron chi connectivity index (χ0n) is 15.3. The molecule has 0 spiro atoms. The van der Waals surface area contributed by atoms with Crippen LogP contribution in [0.2, 0.25) is 0 Å². The Morgan fingerprint density at radius 2 is 1.65 bits per heavy atom. The van der Waals surface area contributed by atoms with E-state index in [4.69, 9.17) is 5.26 Å². The van der Waals surface area contributed by atoms with Gasteiger partial charge in [0.15, 0.2) is 0 Å². The molecule has 7 nitrogen and oxygen atoms in total. The van der Waals surface area contributed by atoms with Gasteiger partial charge >= 0.3 is 5.97 Å². The number of nitrogens with one attached hydrogen (secondary N) is 2. The third kappa shape index (κ3) is 7.34. The number of carbonyl (C=O) groups is 3. The summed E-state index contributed by atoms with van der Waals surface area (Å²) < 4.78 is 4.64. The van der Waals surface area contributed by atoms with E-state index in [2.05, 4.69) is 15.4 Å². The summed E-state index contributed by atoms with van der Waals surface area (Å²) in [6, 6.07) is 10.5. The van der Waals surface area contributed by atoms with E-state index in [-0.39, 0.29) is 31.2 Å². The van der Waals surface area contributed by atoms with Crippen LogP contribution < -0.4 is 10.6 Å². The van der Waals surface area contributed by atoms with Gasteiger partial charge in [-0.3, -0.25) is 9.59 Å². The van der Waals surface area contributed by atoms with Crippen LogP contribution in [0.5, 0.6) is 0 Å². The number of hydrogen-bond acceptors (Lipinski definition) is 5. The third-order valence-corrected chi connectivity index (χ3v) is 3.89. The van der Waals surface area contributed by atoms with Crippen molar-refractivity contribution < 1.29 is 19.1 Å². The van der Waals surface area contributed by atoms with E-state index in [0.717, 1.165) is 5.56 Å². The third-order valence-electron chi connectivity index (χ3n) is 3.89. The largest absolute Gasteiger partial charge is 0.467 e. The summed E-state index contributed by atoms with van der Waals surface area (Å²) in [5, 5.41) is 14.2. The first-order chi connectivity index (χ1) is 12.4. The van der Waals surface area contributed by atoms with E-state index in [0.29, 0.717) is 0 Å². The lowest BCUT2D eigenvalue weighted by molar-refractivity contribution is -0.145. The molecular formula is C19H25N3O4. The molecule has 0 aliphatic rings. The zero-order valence-corrected chi connectivity index (χ0v) is 15.3. The van der Waals surface area contributed by atoms with Gasteiger partial charge in [0.1, 0.15) is 6.04 Å². The zero-order chi connectivity index (χ0) is 19.5. The van der Waals surface area contributed by atoms with Crippen molar-refractivity contribution in [2.24, 2.45) is 5.92 Å². The molecule has 0 saturated heterocycles. The van der Waals surface area contributed by atoms with Gasteiger partial charge in [-0.15, -0.1) is 0 Å². The number of hydrogen-bond donors (Lipinski definition) is 2. The van der Waals surface area contributed by atoms with E-state index in [9.17, 15) is 14.4 Å². The summed E-state index contributed by atoms with van der Waals surface area (Å²) in [7, 11) is 1.22. The van der Waals surface area contributed by atoms with Crippen molar-refractivity contribution >= 4 is 17.8 Å². The second-order valence-electron chi connectivity index (χ2n) is 6.11. The number of ether oxygens (including phenoxy) is 1. The van der Waals surface area contributed by atoms with Gasteiger partial charge in [-0.05, 0) is 25.8 Å². The molecule has 0 heterocycles. The molecule has 3 atom stereocenters. The first kappa shape index (κ1) is 21.2. The average Bonchev–Trinajstić information content (AvgIpc) is 2.65. The maximum absolute atomic E-state index is 12.0. The monoisotopic (exact) mass is 359 g/mol. The molecule has 0 bridgehead atoms. The Morgan fingerprint density at radius 3 is 2.19 bits per heavy atom. The van der Waals surface area contributed by atoms with Crippen LogP contribution in [-0.2, 0) is 19.1 Å². The first-order valence-corrected chi connectivity index (χ1v) is 8.48. The van der Waals surface area contributed by atoms with Crippen LogP contribution in [0.15, 0.2) is 30.3 Å². The van der Waals surface area contributed by atoms with Gasteiger partial charge in [-0.1, -0.05) is 30.3 Å². The molecule has 1 rings (SSSR count). The second kappa shape index (κ2) is 10.9. The number of amides is 2. The molecular weight excluding hydrogens is 334 g/mol. The van der Waals surface area contributed by atoms with Gasteiger partial charge < -0.3 is 15.4 Å². The normalized spacial score (nSPS) is 13.6. The Labute approximate surface area is 153 Å². The predicted molar refractivity (Wildman–Crippen MR) is 95.6 cm³/mol. The lowest BCUT2D eigenvalue weighted by atomic mass is 10.0. The average molecular weight is 359 g/mol. The Hall–Kier alpha value is -2.88. The molecule has 0 fully saturated rings. The standard InChI is InChI=1S/C19H25N3O4/c1-13(12-20)11-16(19(25)26-3)22-18(24)10-9-17(23)21-14(2)15-7-5-4-6-8-15/h4-8,13-14,16H,9-11H2,1-3H3,(H,21,23)(H,22,24)/t13-,14+,16+/m0/s1. The van der Waals surface area contributed by atoms with Crippen LogP contribution in [0.25, 0.3) is 0 Å². The van der Waals surface area contributed by atoms with E-state index in [1.54, 1.807) is 6.92 Å². The summed E-state index contributed by atoms with van der Waals surface area (Å²) >= 11 is 0. The highest BCUT2D eigenvalue weighted by Crippen LogP contribution is 2.11. The fourth-order valence-electron chi connectivity index (χ4n) is 2.39. The lowest BCUT2D eigenvalue weighted by Crippen LogP contribution is -2.42. The van der Waals surface area contributed by atoms with E-state index < -0.39 is 23.8 Å². The number of methoxy groups -OCH3 is 1. The Kier molecular flexibility index (Phi) is 8.85. The molecule has 1 aromatic rings. The van der Waals surface area contributed by atoms with E-state index in [1.165, 1.54) is 7.11 Å². The van der Waals surface area contributed by atoms with Crippen molar-refractivity contribution in [2.75, 3.05) is 7.11 Å². The summed E-state index contributed by atoms with van der Waals surface area (Å²) in [6.45, 7) is 3.52. The van der Waals surface area contributed by atoms with Crippen LogP contribution in [0.4, 0.5) is 0 Å². The Balaban J connectivity index is 2.47. The maximum Gasteiger partial charge on any atom is 0.328 e. The van der Waals surface area contributed by atoms with Gasteiger partial charge in [0.25, 0.3) is 0 Å². The lowest BCUT2D eigenvalue weighted by Gasteiger charge is -2.18. The number of benzene rings is 1. The van der Waals surface area contributed by atoms with Crippen molar-refractivity contribution in [3.63, 3.8) is 0 Å². The van der Waals surface area contributed by atoms with Gasteiger partial charge in [0.2, 0.25) is 11.8 Å². The van der Waals surface area contributed by atoms with Crippen molar-refractivity contribution in [1.29, 1.82) is 5.26 Å². The van der Waals surface area contributed by atoms with Crippen LogP contribution >= 0.6 is 0 Å². The number of rotatable bonds is 9. The molecule has 0 aromatic heterocycles. The highest BCUT2D eigenvalue weighted by Gasteiger charge is 2.24. The van der Waals surface area contributed by atoms with Gasteiger partial charge in [-0.25, -0.2) is 4.79 Å². The maximum atomic E-state index is 12.0. The number of nitriles is 1. The highest BCUT2D eigenvalue weighted by atomic mass is 16.5. The Bertz CT molecular complexity index is 654. The minimum absolute atomic E-state index is 0.00467. The summed E-state index contributed by atoms with van der Waals surface area (Å²) in [4.78, 5) is 35.7. The molecule has 0 aliphatic heterocycles. The van der Waals surface area contributed by atoms with Gasteiger partial charge in [0, 0.05) is 18.8 Å². The molecule has 0 radical (unpaired) electrons. The Morgan fingerprint density at radius 1 is 1.08 bits per heavy atom. The summed E-state index contributed by atoms with van der Waals surface area (Å²) in [5.74, 6) is -1.71. The minimum atomic E-state index is -0.895. The van der Waals surface area contributed by atoms with Crippen molar-refractivity contribution in [3.8, 4) is 6.07 Å². The van der Waals surface area contributed by atoms with E-state index in [1.807, 2.05) is 43.3 Å². The smallest absolute Gasteiger partial charge is 0.328 e. The van der Waals surface area contributed by atoms with Crippen molar-refractivity contribution in [2.45, 2.75) is 45.2 Å². The fourth-order valence-corrected chi connectivity index (χ4v) is 2.39. The van der Waals surface area contributed by atoms with Crippen molar-refractivity contribution in [1.82, 2.24) is 10.6 Å². The molecule has 2 N–H and O–H groups in total. The minimum Gasteiger partial charge on any atom is -0.467 e. The van der Waals surface area contributed by atoms with Crippen LogP contribution in [0.3, 0.4) is 0 Å². The molecule has 26 heavy (non-hydrogen) atoms. The molecule has 2 amide bonds. The molecule has 1 aromatic carbocycles. The number of carbonyl (C=O) groups excluding carboxylic acids is 3. The molecule has 0 aliphatic carbocycles. The summed E-state index contributed by atoms with van der Waals surface area (Å²) in [6.07, 6.45) is 0.110. The van der Waals surface area contributed by atoms with Crippen LogP contribution in [-0.4, -0.2) is 30.9 Å². The fraction of sp³-hybridized carbons (Fsp3) is 0.474. The molecule has 0 unspecified atom stereocenters. The second-order valence-corrected chi connectivity index (χ2v) is 6.11. The van der Waals surface area contributed by atoms with Gasteiger partial charge in [0.05, 0.1) is 19.2 Å². The topological polar surface area (TPSA) is 108 Å². The first-order valence-electron chi connectivity index (χ1n) is 8.48. The van der Waals surface area contributed by atoms with Crippen molar-refractivity contribution in [3.05, 3.63) is 35.9 Å². The van der Waals surface area contributed by atoms with E-state index >= 15 is 0 Å². The van der Waals surface area contributed by atoms with Crippen LogP contribution in [0.1, 0.15) is 44.7 Å². The molecule has 140 valence electrons. The van der Waals surface area contributed by atoms with Crippen LogP contribution in [0, 0.1) is 17.2 Å². The molecule has 7 heteroatoms. The number of nitrogens with zero attached hydrogens (tertiary/aromatic N) is 1. The molecule has 0 saturated carbocycles. The SMILES string of the molecule is COC(=O)[C@@H](C[C@H](C)C#N)NC(=O)CCC(=O)N[C@H](C)c1ccccc1. The highest BCUT2D eigenvalue weighted by molar-refractivity contribution is 5.87.